The predicted octanol–water partition coefficient (Wildman–Crippen LogP) is 3.45. The van der Waals surface area contributed by atoms with Gasteiger partial charge in [-0.3, -0.25) is 0 Å². The van der Waals surface area contributed by atoms with Crippen LogP contribution in [0.3, 0.4) is 0 Å². The number of sulfonamides is 1. The van der Waals surface area contributed by atoms with Gasteiger partial charge in [0.2, 0.25) is 10.0 Å². The largest absolute Gasteiger partial charge is 0.243 e. The van der Waals surface area contributed by atoms with Crippen molar-refractivity contribution in [3.63, 3.8) is 0 Å². The minimum absolute atomic E-state index is 0.308. The van der Waals surface area contributed by atoms with Crippen molar-refractivity contribution in [3.05, 3.63) is 77.6 Å². The lowest BCUT2D eigenvalue weighted by Gasteiger charge is -2.27. The first-order chi connectivity index (χ1) is 13.1. The molecule has 1 aliphatic rings. The molecule has 0 saturated carbocycles. The van der Waals surface area contributed by atoms with Crippen molar-refractivity contribution in [2.45, 2.75) is 31.2 Å². The second kappa shape index (κ2) is 7.21. The third kappa shape index (κ3) is 3.50. The van der Waals surface area contributed by atoms with Crippen LogP contribution < -0.4 is 0 Å². The van der Waals surface area contributed by atoms with Crippen molar-refractivity contribution >= 4 is 10.0 Å². The first kappa shape index (κ1) is 17.8. The molecule has 0 fully saturated rings. The third-order valence-electron chi connectivity index (χ3n) is 4.90. The molecule has 1 aliphatic heterocycles. The third-order valence-corrected chi connectivity index (χ3v) is 6.76. The molecule has 0 aliphatic carbocycles. The van der Waals surface area contributed by atoms with E-state index >= 15 is 0 Å². The van der Waals surface area contributed by atoms with Crippen LogP contribution in [-0.4, -0.2) is 29.2 Å². The zero-order valence-electron chi connectivity index (χ0n) is 15.2. The van der Waals surface area contributed by atoms with Gasteiger partial charge in [0, 0.05) is 36.8 Å². The Kier molecular flexibility index (Phi) is 4.76. The number of rotatable bonds is 4. The van der Waals surface area contributed by atoms with Crippen molar-refractivity contribution in [1.82, 2.24) is 14.3 Å². The Balaban J connectivity index is 1.59. The summed E-state index contributed by atoms with van der Waals surface area (Å²) in [6.07, 6.45) is 3.23. The number of hydrogen-bond donors (Lipinski definition) is 0. The Morgan fingerprint density at radius 2 is 1.78 bits per heavy atom. The summed E-state index contributed by atoms with van der Waals surface area (Å²) in [5, 5.41) is 0. The van der Waals surface area contributed by atoms with Gasteiger partial charge >= 0.3 is 0 Å². The van der Waals surface area contributed by atoms with E-state index in [1.807, 2.05) is 42.5 Å². The van der Waals surface area contributed by atoms with E-state index in [9.17, 15) is 8.42 Å². The van der Waals surface area contributed by atoms with Crippen molar-refractivity contribution in [2.24, 2.45) is 0 Å². The van der Waals surface area contributed by atoms with E-state index in [4.69, 9.17) is 0 Å². The minimum atomic E-state index is -3.51. The molecule has 1 aromatic heterocycles. The second-order valence-electron chi connectivity index (χ2n) is 6.62. The highest BCUT2D eigenvalue weighted by Gasteiger charge is 2.29. The van der Waals surface area contributed by atoms with E-state index in [2.05, 4.69) is 16.9 Å². The maximum Gasteiger partial charge on any atom is 0.243 e. The van der Waals surface area contributed by atoms with Crippen LogP contribution in [0.25, 0.3) is 11.4 Å². The molecule has 4 rings (SSSR count). The van der Waals surface area contributed by atoms with Crippen LogP contribution in [0.2, 0.25) is 0 Å². The number of aromatic nitrogens is 2. The Hall–Kier alpha value is -2.57. The lowest BCUT2D eigenvalue weighted by molar-refractivity contribution is 0.387. The van der Waals surface area contributed by atoms with Crippen LogP contribution >= 0.6 is 0 Å². The molecule has 0 radical (unpaired) electrons. The Morgan fingerprint density at radius 1 is 1.04 bits per heavy atom. The lowest BCUT2D eigenvalue weighted by atomic mass is 10.1. The van der Waals surface area contributed by atoms with Gasteiger partial charge in [0.15, 0.2) is 5.82 Å². The molecular weight excluding hydrogens is 358 g/mol. The first-order valence-electron chi connectivity index (χ1n) is 9.07. The van der Waals surface area contributed by atoms with Crippen LogP contribution in [0.15, 0.2) is 65.7 Å². The summed E-state index contributed by atoms with van der Waals surface area (Å²) in [6.45, 7) is 2.78. The van der Waals surface area contributed by atoms with E-state index in [-0.39, 0.29) is 0 Å². The van der Waals surface area contributed by atoms with Crippen molar-refractivity contribution in [3.8, 4) is 11.4 Å². The average Bonchev–Trinajstić information content (AvgIpc) is 2.73. The number of hydrogen-bond acceptors (Lipinski definition) is 4. The smallest absolute Gasteiger partial charge is 0.236 e. The van der Waals surface area contributed by atoms with E-state index in [1.54, 1.807) is 18.3 Å². The van der Waals surface area contributed by atoms with Gasteiger partial charge in [-0.2, -0.15) is 4.31 Å². The molecule has 0 N–H and O–H groups in total. The number of fused-ring (bicyclic) bond motifs is 1. The fourth-order valence-electron chi connectivity index (χ4n) is 3.27. The molecule has 0 bridgehead atoms. The van der Waals surface area contributed by atoms with Gasteiger partial charge in [-0.05, 0) is 24.1 Å². The van der Waals surface area contributed by atoms with Gasteiger partial charge in [0.05, 0.1) is 10.6 Å². The van der Waals surface area contributed by atoms with Crippen molar-refractivity contribution in [2.75, 3.05) is 6.54 Å². The Labute approximate surface area is 159 Å². The monoisotopic (exact) mass is 379 g/mol. The van der Waals surface area contributed by atoms with Gasteiger partial charge < -0.3 is 0 Å². The summed E-state index contributed by atoms with van der Waals surface area (Å²) in [4.78, 5) is 9.44. The van der Waals surface area contributed by atoms with E-state index < -0.39 is 10.0 Å². The van der Waals surface area contributed by atoms with Crippen LogP contribution in [0.1, 0.15) is 23.7 Å². The standard InChI is InChI=1S/C21H21N3O2S/c1-2-16-8-10-19(11-9-16)27(25,26)24-13-12-20-18(15-24)14-22-21(23-20)17-6-4-3-5-7-17/h3-11,14H,2,12-13,15H2,1H3. The van der Waals surface area contributed by atoms with Crippen LogP contribution in [0.4, 0.5) is 0 Å². The van der Waals surface area contributed by atoms with E-state index in [0.29, 0.717) is 30.2 Å². The van der Waals surface area contributed by atoms with Gasteiger partial charge in [0.1, 0.15) is 0 Å². The summed E-state index contributed by atoms with van der Waals surface area (Å²) in [5.74, 6) is 0.681. The summed E-state index contributed by atoms with van der Waals surface area (Å²) < 4.78 is 27.5. The van der Waals surface area contributed by atoms with Gasteiger partial charge in [-0.1, -0.05) is 49.4 Å². The lowest BCUT2D eigenvalue weighted by Crippen LogP contribution is -2.36. The van der Waals surface area contributed by atoms with Crippen molar-refractivity contribution < 1.29 is 8.42 Å². The number of aryl methyl sites for hydroxylation is 1. The van der Waals surface area contributed by atoms with Crippen LogP contribution in [0, 0.1) is 0 Å². The Morgan fingerprint density at radius 3 is 2.48 bits per heavy atom. The SMILES string of the molecule is CCc1ccc(S(=O)(=O)N2CCc3nc(-c4ccccc4)ncc3C2)cc1. The molecular formula is C21H21N3O2S. The zero-order valence-corrected chi connectivity index (χ0v) is 16.0. The molecule has 6 heteroatoms. The Bertz CT molecular complexity index is 1050. The first-order valence-corrected chi connectivity index (χ1v) is 10.5. The van der Waals surface area contributed by atoms with Crippen LogP contribution in [0.5, 0.6) is 0 Å². The average molecular weight is 379 g/mol. The van der Waals surface area contributed by atoms with E-state index in [1.165, 1.54) is 4.31 Å². The molecule has 0 atom stereocenters. The maximum absolute atomic E-state index is 13.0. The predicted molar refractivity (Wildman–Crippen MR) is 105 cm³/mol. The fraction of sp³-hybridized carbons (Fsp3) is 0.238. The summed E-state index contributed by atoms with van der Waals surface area (Å²) >= 11 is 0. The molecule has 27 heavy (non-hydrogen) atoms. The molecule has 3 aromatic rings. The molecule has 2 heterocycles. The normalized spacial score (nSPS) is 14.7. The van der Waals surface area contributed by atoms with Gasteiger partial charge in [0.25, 0.3) is 0 Å². The molecule has 0 amide bonds. The highest BCUT2D eigenvalue weighted by atomic mass is 32.2. The van der Waals surface area contributed by atoms with Crippen molar-refractivity contribution in [1.29, 1.82) is 0 Å². The van der Waals surface area contributed by atoms with Gasteiger partial charge in [-0.25, -0.2) is 18.4 Å². The molecule has 0 spiro atoms. The highest BCUT2D eigenvalue weighted by Crippen LogP contribution is 2.25. The van der Waals surface area contributed by atoms with Crippen LogP contribution in [-0.2, 0) is 29.4 Å². The zero-order chi connectivity index (χ0) is 18.9. The summed E-state index contributed by atoms with van der Waals surface area (Å²) in [5.41, 5.74) is 3.89. The molecule has 138 valence electrons. The molecule has 5 nitrogen and oxygen atoms in total. The quantitative estimate of drug-likeness (QED) is 0.696. The fourth-order valence-corrected chi connectivity index (χ4v) is 4.69. The van der Waals surface area contributed by atoms with Gasteiger partial charge in [-0.15, -0.1) is 0 Å². The van der Waals surface area contributed by atoms with E-state index in [0.717, 1.165) is 28.8 Å². The number of nitrogens with zero attached hydrogens (tertiary/aromatic N) is 3. The summed E-state index contributed by atoms with van der Waals surface area (Å²) in [7, 11) is -3.51. The second-order valence-corrected chi connectivity index (χ2v) is 8.56. The molecule has 0 saturated heterocycles. The minimum Gasteiger partial charge on any atom is -0.236 e. The topological polar surface area (TPSA) is 63.2 Å². The highest BCUT2D eigenvalue weighted by molar-refractivity contribution is 7.89. The summed E-state index contributed by atoms with van der Waals surface area (Å²) in [6, 6.07) is 16.9. The maximum atomic E-state index is 13.0. The molecule has 2 aromatic carbocycles. The molecule has 0 unspecified atom stereocenters. The number of benzene rings is 2.